The minimum absolute atomic E-state index is 0.0366. The molecule has 3 rings (SSSR count). The zero-order valence-electron chi connectivity index (χ0n) is 12.0. The lowest BCUT2D eigenvalue weighted by atomic mass is 9.84. The highest BCUT2D eigenvalue weighted by Crippen LogP contribution is 2.40. The number of fused-ring (bicyclic) bond motifs is 1. The quantitative estimate of drug-likeness (QED) is 0.912. The molecule has 0 bridgehead atoms. The van der Waals surface area contributed by atoms with E-state index in [1.807, 2.05) is 10.8 Å². The third-order valence-electron chi connectivity index (χ3n) is 4.80. The minimum atomic E-state index is -0.861. The number of carbonyl (C=O) groups is 2. The van der Waals surface area contributed by atoms with E-state index in [9.17, 15) is 14.7 Å². The monoisotopic (exact) mass is 291 g/mol. The number of hydrogen-bond donors (Lipinski definition) is 1. The van der Waals surface area contributed by atoms with Gasteiger partial charge in [-0.3, -0.25) is 4.79 Å². The van der Waals surface area contributed by atoms with Crippen molar-refractivity contribution in [1.29, 1.82) is 0 Å². The second kappa shape index (κ2) is 5.87. The highest BCUT2D eigenvalue weighted by molar-refractivity contribution is 5.84. The van der Waals surface area contributed by atoms with E-state index in [2.05, 4.69) is 4.98 Å². The summed E-state index contributed by atoms with van der Waals surface area (Å²) in [6, 6.07) is -0.497. The van der Waals surface area contributed by atoms with Gasteiger partial charge in [0.15, 0.2) is 0 Å². The number of aryl methyl sites for hydroxylation is 1. The molecule has 0 aromatic carbocycles. The van der Waals surface area contributed by atoms with Crippen LogP contribution in [0.4, 0.5) is 0 Å². The van der Waals surface area contributed by atoms with Gasteiger partial charge in [0.25, 0.3) is 0 Å². The van der Waals surface area contributed by atoms with Gasteiger partial charge in [0, 0.05) is 31.4 Å². The topological polar surface area (TPSA) is 75.4 Å². The summed E-state index contributed by atoms with van der Waals surface area (Å²) in [6.45, 7) is 0.555. The van der Waals surface area contributed by atoms with Crippen molar-refractivity contribution in [3.05, 3.63) is 18.7 Å². The van der Waals surface area contributed by atoms with E-state index in [4.69, 9.17) is 0 Å². The van der Waals surface area contributed by atoms with Crippen molar-refractivity contribution in [3.63, 3.8) is 0 Å². The summed E-state index contributed by atoms with van der Waals surface area (Å²) >= 11 is 0. The maximum absolute atomic E-state index is 12.5. The maximum Gasteiger partial charge on any atom is 0.326 e. The second-order valence-corrected chi connectivity index (χ2v) is 6.05. The first-order valence-electron chi connectivity index (χ1n) is 7.66. The van der Waals surface area contributed by atoms with Gasteiger partial charge in [0.1, 0.15) is 6.04 Å². The maximum atomic E-state index is 12.5. The number of carbonyl (C=O) groups excluding carboxylic acids is 1. The predicted octanol–water partition coefficient (Wildman–Crippen LogP) is 1.52. The van der Waals surface area contributed by atoms with Crippen LogP contribution in [-0.2, 0) is 16.1 Å². The molecule has 3 atom stereocenters. The van der Waals surface area contributed by atoms with Gasteiger partial charge in [-0.2, -0.15) is 0 Å². The largest absolute Gasteiger partial charge is 0.480 e. The fourth-order valence-corrected chi connectivity index (χ4v) is 3.81. The lowest BCUT2D eigenvalue weighted by Crippen LogP contribution is -2.46. The van der Waals surface area contributed by atoms with E-state index < -0.39 is 12.0 Å². The van der Waals surface area contributed by atoms with Crippen LogP contribution in [-0.4, -0.2) is 43.5 Å². The van der Waals surface area contributed by atoms with E-state index in [1.54, 1.807) is 17.4 Å². The minimum Gasteiger partial charge on any atom is -0.480 e. The number of nitrogens with zero attached hydrogens (tertiary/aromatic N) is 3. The average molecular weight is 291 g/mol. The number of rotatable bonds is 4. The number of amides is 1. The SMILES string of the molecule is O=C(O)[C@@H]1C[C@@H]2CCCC[C@@H]2N1C(=O)CCn1ccnc1. The number of carboxylic acids is 1. The van der Waals surface area contributed by atoms with Crippen LogP contribution >= 0.6 is 0 Å². The molecule has 0 unspecified atom stereocenters. The van der Waals surface area contributed by atoms with E-state index in [-0.39, 0.29) is 11.9 Å². The van der Waals surface area contributed by atoms with Gasteiger partial charge in [-0.1, -0.05) is 12.8 Å². The summed E-state index contributed by atoms with van der Waals surface area (Å²) < 4.78 is 1.85. The Balaban J connectivity index is 1.70. The van der Waals surface area contributed by atoms with E-state index in [0.29, 0.717) is 25.3 Å². The van der Waals surface area contributed by atoms with Crippen LogP contribution < -0.4 is 0 Å². The second-order valence-electron chi connectivity index (χ2n) is 6.05. The molecule has 1 aromatic heterocycles. The van der Waals surface area contributed by atoms with E-state index >= 15 is 0 Å². The molecule has 0 spiro atoms. The molecule has 6 heteroatoms. The number of hydrogen-bond acceptors (Lipinski definition) is 3. The highest BCUT2D eigenvalue weighted by atomic mass is 16.4. The molecular formula is C15H21N3O3. The van der Waals surface area contributed by atoms with Crippen molar-refractivity contribution in [2.45, 2.75) is 57.2 Å². The normalized spacial score (nSPS) is 28.4. The zero-order chi connectivity index (χ0) is 14.8. The van der Waals surface area contributed by atoms with Gasteiger partial charge >= 0.3 is 5.97 Å². The molecule has 1 N–H and O–H groups in total. The first kappa shape index (κ1) is 14.1. The van der Waals surface area contributed by atoms with Gasteiger partial charge < -0.3 is 14.6 Å². The fraction of sp³-hybridized carbons (Fsp3) is 0.667. The van der Waals surface area contributed by atoms with Crippen LogP contribution in [0.15, 0.2) is 18.7 Å². The van der Waals surface area contributed by atoms with E-state index in [0.717, 1.165) is 25.7 Å². The number of imidazole rings is 1. The summed E-state index contributed by atoms with van der Waals surface area (Å²) in [5, 5.41) is 9.42. The summed E-state index contributed by atoms with van der Waals surface area (Å²) in [6.07, 6.45) is 10.4. The number of carboxylic acid groups (broad SMARTS) is 1. The smallest absolute Gasteiger partial charge is 0.326 e. The molecule has 2 fully saturated rings. The van der Waals surface area contributed by atoms with Crippen LogP contribution in [0.2, 0.25) is 0 Å². The molecule has 1 saturated heterocycles. The lowest BCUT2D eigenvalue weighted by molar-refractivity contribution is -0.150. The molecule has 1 aromatic rings. The molecule has 114 valence electrons. The standard InChI is InChI=1S/C15H21N3O3/c19-14(5-7-17-8-6-16-10-17)18-12-4-2-1-3-11(12)9-13(18)15(20)21/h6,8,10-13H,1-5,7,9H2,(H,20,21)/t11-,12-,13-/m0/s1. The van der Waals surface area contributed by atoms with Crippen molar-refractivity contribution in [2.75, 3.05) is 0 Å². The van der Waals surface area contributed by atoms with Crippen LogP contribution in [0.25, 0.3) is 0 Å². The van der Waals surface area contributed by atoms with Gasteiger partial charge in [-0.25, -0.2) is 9.78 Å². The lowest BCUT2D eigenvalue weighted by Gasteiger charge is -2.33. The van der Waals surface area contributed by atoms with Crippen molar-refractivity contribution in [2.24, 2.45) is 5.92 Å². The molecule has 21 heavy (non-hydrogen) atoms. The third-order valence-corrected chi connectivity index (χ3v) is 4.80. The molecule has 2 aliphatic rings. The molecule has 1 aliphatic carbocycles. The molecule has 0 radical (unpaired) electrons. The Kier molecular flexibility index (Phi) is 3.94. The van der Waals surface area contributed by atoms with Gasteiger partial charge in [-0.05, 0) is 25.2 Å². The number of likely N-dealkylation sites (tertiary alicyclic amines) is 1. The molecule has 1 amide bonds. The summed E-state index contributed by atoms with van der Waals surface area (Å²) in [4.78, 5) is 29.6. The van der Waals surface area contributed by atoms with Crippen LogP contribution in [0, 0.1) is 5.92 Å². The summed E-state index contributed by atoms with van der Waals surface area (Å²) in [5.74, 6) is -0.525. The average Bonchev–Trinajstić information content (AvgIpc) is 3.11. The van der Waals surface area contributed by atoms with Crippen LogP contribution in [0.3, 0.4) is 0 Å². The first-order valence-corrected chi connectivity index (χ1v) is 7.66. The Bertz CT molecular complexity index is 514. The summed E-state index contributed by atoms with van der Waals surface area (Å²) in [5.41, 5.74) is 0. The van der Waals surface area contributed by atoms with Gasteiger partial charge in [0.2, 0.25) is 5.91 Å². The summed E-state index contributed by atoms with van der Waals surface area (Å²) in [7, 11) is 0. The van der Waals surface area contributed by atoms with Gasteiger partial charge in [-0.15, -0.1) is 0 Å². The van der Waals surface area contributed by atoms with Crippen molar-refractivity contribution >= 4 is 11.9 Å². The first-order chi connectivity index (χ1) is 10.2. The predicted molar refractivity (Wildman–Crippen MR) is 75.5 cm³/mol. The number of aromatic nitrogens is 2. The Morgan fingerprint density at radius 2 is 2.10 bits per heavy atom. The molecular weight excluding hydrogens is 270 g/mol. The van der Waals surface area contributed by atoms with Crippen molar-refractivity contribution in [1.82, 2.24) is 14.5 Å². The van der Waals surface area contributed by atoms with Crippen molar-refractivity contribution in [3.8, 4) is 0 Å². The molecule has 1 aliphatic heterocycles. The van der Waals surface area contributed by atoms with E-state index in [1.165, 1.54) is 0 Å². The van der Waals surface area contributed by atoms with Gasteiger partial charge in [0.05, 0.1) is 6.33 Å². The molecule has 1 saturated carbocycles. The number of aliphatic carboxylic acids is 1. The Morgan fingerprint density at radius 1 is 1.29 bits per heavy atom. The third kappa shape index (κ3) is 2.80. The van der Waals surface area contributed by atoms with Crippen molar-refractivity contribution < 1.29 is 14.7 Å². The highest BCUT2D eigenvalue weighted by Gasteiger charge is 2.47. The Hall–Kier alpha value is -1.85. The zero-order valence-corrected chi connectivity index (χ0v) is 12.0. The van der Waals surface area contributed by atoms with Crippen LogP contribution in [0.1, 0.15) is 38.5 Å². The molecule has 2 heterocycles. The molecule has 6 nitrogen and oxygen atoms in total. The Labute approximate surface area is 123 Å². The Morgan fingerprint density at radius 3 is 2.81 bits per heavy atom. The van der Waals surface area contributed by atoms with Crippen LogP contribution in [0.5, 0.6) is 0 Å². The fourth-order valence-electron chi connectivity index (χ4n) is 3.81.